The van der Waals surface area contributed by atoms with E-state index < -0.39 is 5.92 Å². The molecule has 64 valence electrons. The predicted molar refractivity (Wildman–Crippen MR) is 43.1 cm³/mol. The molecule has 0 aliphatic heterocycles. The Morgan fingerprint density at radius 1 is 1.45 bits per heavy atom. The first-order valence-electron chi connectivity index (χ1n) is 3.87. The molecule has 1 amide bonds. The second-order valence-corrected chi connectivity index (χ2v) is 2.55. The van der Waals surface area contributed by atoms with E-state index in [1.807, 2.05) is 6.92 Å². The molecule has 0 fully saturated rings. The molecule has 0 aliphatic carbocycles. The Balaban J connectivity index is 3.91. The highest BCUT2D eigenvalue weighted by Crippen LogP contribution is 2.02. The molecule has 1 atom stereocenters. The highest BCUT2D eigenvalue weighted by molar-refractivity contribution is 6.00. The lowest BCUT2D eigenvalue weighted by molar-refractivity contribution is -0.133. The van der Waals surface area contributed by atoms with Crippen LogP contribution in [0.2, 0.25) is 0 Å². The average Bonchev–Trinajstić information content (AvgIpc) is 2.02. The Morgan fingerprint density at radius 2 is 2.00 bits per heavy atom. The fourth-order valence-corrected chi connectivity index (χ4v) is 0.826. The molecule has 0 spiro atoms. The number of carbonyl (C=O) groups is 2. The Kier molecular flexibility index (Phi) is 4.50. The second-order valence-electron chi connectivity index (χ2n) is 2.55. The summed E-state index contributed by atoms with van der Waals surface area (Å²) in [6.45, 7) is 3.56. The molecule has 0 saturated heterocycles. The van der Waals surface area contributed by atoms with Gasteiger partial charge in [0.1, 0.15) is 5.78 Å². The van der Waals surface area contributed by atoms with Crippen LogP contribution in [0.4, 0.5) is 0 Å². The number of hydrogen-bond acceptors (Lipinski definition) is 2. The van der Waals surface area contributed by atoms with E-state index in [1.165, 1.54) is 7.05 Å². The standard InChI is InChI=1S/C8H15NO2/c1-4-5-7(10)6(2)8(11)9-3/h6H,4-5H2,1-3H3,(H,9,11). The molecule has 0 radical (unpaired) electrons. The van der Waals surface area contributed by atoms with Crippen LogP contribution >= 0.6 is 0 Å². The van der Waals surface area contributed by atoms with E-state index in [4.69, 9.17) is 0 Å². The molecule has 1 unspecified atom stereocenters. The molecule has 0 aromatic carbocycles. The molecule has 3 nitrogen and oxygen atoms in total. The van der Waals surface area contributed by atoms with Crippen molar-refractivity contribution in [2.75, 3.05) is 7.05 Å². The zero-order valence-corrected chi connectivity index (χ0v) is 7.31. The third-order valence-electron chi connectivity index (χ3n) is 1.62. The maximum absolute atomic E-state index is 11.1. The summed E-state index contributed by atoms with van der Waals surface area (Å²) in [7, 11) is 1.54. The van der Waals surface area contributed by atoms with Gasteiger partial charge in [0.15, 0.2) is 0 Å². The van der Waals surface area contributed by atoms with Crippen molar-refractivity contribution in [1.29, 1.82) is 0 Å². The summed E-state index contributed by atoms with van der Waals surface area (Å²) in [5.41, 5.74) is 0. The van der Waals surface area contributed by atoms with Crippen LogP contribution < -0.4 is 5.32 Å². The number of carbonyl (C=O) groups excluding carboxylic acids is 2. The van der Waals surface area contributed by atoms with Gasteiger partial charge in [0, 0.05) is 13.5 Å². The summed E-state index contributed by atoms with van der Waals surface area (Å²) in [4.78, 5) is 22.0. The average molecular weight is 157 g/mol. The van der Waals surface area contributed by atoms with Gasteiger partial charge in [-0.05, 0) is 13.3 Å². The van der Waals surface area contributed by atoms with Gasteiger partial charge in [-0.2, -0.15) is 0 Å². The highest BCUT2D eigenvalue weighted by Gasteiger charge is 2.18. The van der Waals surface area contributed by atoms with Gasteiger partial charge in [-0.25, -0.2) is 0 Å². The zero-order chi connectivity index (χ0) is 8.85. The first-order valence-corrected chi connectivity index (χ1v) is 3.87. The fraction of sp³-hybridized carbons (Fsp3) is 0.750. The van der Waals surface area contributed by atoms with Crippen molar-refractivity contribution in [3.8, 4) is 0 Å². The van der Waals surface area contributed by atoms with Crippen molar-refractivity contribution >= 4 is 11.7 Å². The van der Waals surface area contributed by atoms with Crippen LogP contribution in [0.1, 0.15) is 26.7 Å². The molecule has 0 saturated carbocycles. The van der Waals surface area contributed by atoms with Crippen LogP contribution in [0, 0.1) is 5.92 Å². The Labute approximate surface area is 67.2 Å². The molecule has 0 aromatic heterocycles. The van der Waals surface area contributed by atoms with Crippen molar-refractivity contribution in [3.05, 3.63) is 0 Å². The summed E-state index contributed by atoms with van der Waals surface area (Å²) in [6, 6.07) is 0. The largest absolute Gasteiger partial charge is 0.359 e. The van der Waals surface area contributed by atoms with Crippen molar-refractivity contribution in [1.82, 2.24) is 5.32 Å². The quantitative estimate of drug-likeness (QED) is 0.612. The predicted octanol–water partition coefficient (Wildman–Crippen LogP) is 0.738. The van der Waals surface area contributed by atoms with E-state index >= 15 is 0 Å². The van der Waals surface area contributed by atoms with E-state index in [0.29, 0.717) is 6.42 Å². The number of Topliss-reactive ketones (excluding diaryl/α,β-unsaturated/α-hetero) is 1. The van der Waals surface area contributed by atoms with Crippen molar-refractivity contribution < 1.29 is 9.59 Å². The Morgan fingerprint density at radius 3 is 2.36 bits per heavy atom. The lowest BCUT2D eigenvalue weighted by atomic mass is 10.0. The number of rotatable bonds is 4. The van der Waals surface area contributed by atoms with Crippen molar-refractivity contribution in [2.45, 2.75) is 26.7 Å². The Bertz CT molecular complexity index is 154. The summed E-state index contributed by atoms with van der Waals surface area (Å²) >= 11 is 0. The topological polar surface area (TPSA) is 46.2 Å². The first-order chi connectivity index (χ1) is 5.13. The third kappa shape index (κ3) is 3.16. The SMILES string of the molecule is CCCC(=O)C(C)C(=O)NC. The number of hydrogen-bond donors (Lipinski definition) is 1. The van der Waals surface area contributed by atoms with E-state index in [0.717, 1.165) is 6.42 Å². The van der Waals surface area contributed by atoms with Gasteiger partial charge in [-0.1, -0.05) is 6.92 Å². The van der Waals surface area contributed by atoms with Crippen LogP contribution in [0.15, 0.2) is 0 Å². The van der Waals surface area contributed by atoms with Crippen LogP contribution in [-0.2, 0) is 9.59 Å². The molecule has 3 heteroatoms. The number of nitrogens with one attached hydrogen (secondary N) is 1. The van der Waals surface area contributed by atoms with E-state index in [-0.39, 0.29) is 11.7 Å². The van der Waals surface area contributed by atoms with E-state index in [9.17, 15) is 9.59 Å². The third-order valence-corrected chi connectivity index (χ3v) is 1.62. The van der Waals surface area contributed by atoms with Gasteiger partial charge < -0.3 is 5.32 Å². The van der Waals surface area contributed by atoms with Crippen molar-refractivity contribution in [2.24, 2.45) is 5.92 Å². The van der Waals surface area contributed by atoms with Gasteiger partial charge >= 0.3 is 0 Å². The lowest BCUT2D eigenvalue weighted by Crippen LogP contribution is -2.30. The smallest absolute Gasteiger partial charge is 0.230 e. The van der Waals surface area contributed by atoms with Crippen LogP contribution in [-0.4, -0.2) is 18.7 Å². The first kappa shape index (κ1) is 10.1. The number of ketones is 1. The second kappa shape index (κ2) is 4.88. The molecule has 0 heterocycles. The minimum absolute atomic E-state index is 0.0202. The maximum atomic E-state index is 11.1. The van der Waals surface area contributed by atoms with Crippen LogP contribution in [0.3, 0.4) is 0 Å². The van der Waals surface area contributed by atoms with Gasteiger partial charge in [0.05, 0.1) is 5.92 Å². The zero-order valence-electron chi connectivity index (χ0n) is 7.31. The van der Waals surface area contributed by atoms with Crippen LogP contribution in [0.25, 0.3) is 0 Å². The summed E-state index contributed by atoms with van der Waals surface area (Å²) in [6.07, 6.45) is 1.30. The van der Waals surface area contributed by atoms with Gasteiger partial charge in [-0.15, -0.1) is 0 Å². The van der Waals surface area contributed by atoms with E-state index in [2.05, 4.69) is 5.32 Å². The minimum Gasteiger partial charge on any atom is -0.359 e. The molecular formula is C8H15NO2. The van der Waals surface area contributed by atoms with E-state index in [1.54, 1.807) is 6.92 Å². The molecule has 0 aromatic rings. The van der Waals surface area contributed by atoms with Gasteiger partial charge in [-0.3, -0.25) is 9.59 Å². The minimum atomic E-state index is -0.486. The molecule has 0 rings (SSSR count). The van der Waals surface area contributed by atoms with Gasteiger partial charge in [0.25, 0.3) is 0 Å². The summed E-state index contributed by atoms with van der Waals surface area (Å²) in [5, 5.41) is 2.44. The Hall–Kier alpha value is -0.860. The summed E-state index contributed by atoms with van der Waals surface area (Å²) in [5.74, 6) is -0.657. The maximum Gasteiger partial charge on any atom is 0.230 e. The van der Waals surface area contributed by atoms with Crippen molar-refractivity contribution in [3.63, 3.8) is 0 Å². The normalized spacial score (nSPS) is 12.3. The summed E-state index contributed by atoms with van der Waals surface area (Å²) < 4.78 is 0. The highest BCUT2D eigenvalue weighted by atomic mass is 16.2. The molecule has 0 aliphatic rings. The molecule has 11 heavy (non-hydrogen) atoms. The number of amides is 1. The fourth-order valence-electron chi connectivity index (χ4n) is 0.826. The molecular weight excluding hydrogens is 142 g/mol. The monoisotopic (exact) mass is 157 g/mol. The van der Waals surface area contributed by atoms with Gasteiger partial charge in [0.2, 0.25) is 5.91 Å². The lowest BCUT2D eigenvalue weighted by Gasteiger charge is -2.06. The molecule has 0 bridgehead atoms. The molecule has 1 N–H and O–H groups in total. The van der Waals surface area contributed by atoms with Crippen LogP contribution in [0.5, 0.6) is 0 Å².